The fourth-order valence-electron chi connectivity index (χ4n) is 5.13. The van der Waals surface area contributed by atoms with E-state index >= 15 is 0 Å². The molecule has 0 amide bonds. The predicted molar refractivity (Wildman–Crippen MR) is 114 cm³/mol. The zero-order chi connectivity index (χ0) is 19.3. The van der Waals surface area contributed by atoms with E-state index in [1.54, 1.807) is 7.11 Å². The lowest BCUT2D eigenvalue weighted by atomic mass is 9.68. The Morgan fingerprint density at radius 1 is 1.21 bits per heavy atom. The Labute approximate surface area is 172 Å². The lowest BCUT2D eigenvalue weighted by Gasteiger charge is -2.46. The minimum Gasteiger partial charge on any atom is -0.380 e. The Balaban J connectivity index is 1.44. The molecule has 4 nitrogen and oxygen atoms in total. The molecule has 2 fully saturated rings. The van der Waals surface area contributed by atoms with Crippen molar-refractivity contribution in [1.29, 1.82) is 0 Å². The number of pyridine rings is 1. The van der Waals surface area contributed by atoms with Crippen LogP contribution >= 0.6 is 11.3 Å². The van der Waals surface area contributed by atoms with Crippen LogP contribution in [0.1, 0.15) is 61.1 Å². The van der Waals surface area contributed by atoms with Crippen LogP contribution in [-0.4, -0.2) is 30.8 Å². The largest absolute Gasteiger partial charge is 0.380 e. The number of ether oxygens (including phenoxy) is 2. The molecule has 0 radical (unpaired) electrons. The van der Waals surface area contributed by atoms with Crippen LogP contribution in [0.15, 0.2) is 35.8 Å². The van der Waals surface area contributed by atoms with Crippen LogP contribution in [0.25, 0.3) is 0 Å². The average molecular weight is 401 g/mol. The van der Waals surface area contributed by atoms with Crippen molar-refractivity contribution in [1.82, 2.24) is 10.3 Å². The van der Waals surface area contributed by atoms with Crippen molar-refractivity contribution in [2.75, 3.05) is 20.3 Å². The number of nitrogens with zero attached hydrogens (tertiary/aromatic N) is 1. The van der Waals surface area contributed by atoms with Crippen LogP contribution in [0.2, 0.25) is 0 Å². The lowest BCUT2D eigenvalue weighted by Crippen LogP contribution is -2.47. The third kappa shape index (κ3) is 4.33. The van der Waals surface area contributed by atoms with Gasteiger partial charge in [-0.1, -0.05) is 18.9 Å². The second-order valence-corrected chi connectivity index (χ2v) is 9.39. The smallest absolute Gasteiger partial charge is 0.0724 e. The van der Waals surface area contributed by atoms with Gasteiger partial charge in [0, 0.05) is 42.4 Å². The second-order valence-electron chi connectivity index (χ2n) is 8.39. The summed E-state index contributed by atoms with van der Waals surface area (Å²) in [5, 5.41) is 5.85. The van der Waals surface area contributed by atoms with Gasteiger partial charge in [0.15, 0.2) is 0 Å². The fourth-order valence-corrected chi connectivity index (χ4v) is 5.99. The molecule has 1 spiro atoms. The number of aromatic nitrogens is 1. The van der Waals surface area contributed by atoms with Crippen LogP contribution < -0.4 is 5.32 Å². The Bertz CT molecular complexity index is 742. The van der Waals surface area contributed by atoms with Gasteiger partial charge in [-0.3, -0.25) is 4.98 Å². The van der Waals surface area contributed by atoms with Crippen molar-refractivity contribution in [3.63, 3.8) is 0 Å². The van der Waals surface area contributed by atoms with Crippen molar-refractivity contribution in [2.45, 2.75) is 69.1 Å². The summed E-state index contributed by atoms with van der Waals surface area (Å²) in [7, 11) is 1.76. The summed E-state index contributed by atoms with van der Waals surface area (Å²) in [4.78, 5) is 6.18. The first kappa shape index (κ1) is 20.0. The molecular weight excluding hydrogens is 368 g/mol. The quantitative estimate of drug-likeness (QED) is 0.645. The Hall–Kier alpha value is -1.27. The molecule has 2 aromatic rings. The molecule has 5 heteroatoms. The zero-order valence-corrected chi connectivity index (χ0v) is 17.7. The first-order valence-electron chi connectivity index (χ1n) is 10.6. The van der Waals surface area contributed by atoms with E-state index in [1.807, 2.05) is 23.6 Å². The van der Waals surface area contributed by atoms with E-state index in [4.69, 9.17) is 14.5 Å². The molecule has 4 rings (SSSR count). The van der Waals surface area contributed by atoms with Crippen molar-refractivity contribution in [2.24, 2.45) is 0 Å². The van der Waals surface area contributed by atoms with Crippen molar-refractivity contribution in [3.8, 4) is 0 Å². The molecule has 0 bridgehead atoms. The lowest BCUT2D eigenvalue weighted by molar-refractivity contribution is -0.104. The summed E-state index contributed by atoms with van der Waals surface area (Å²) in [5.41, 5.74) is 2.77. The van der Waals surface area contributed by atoms with Gasteiger partial charge < -0.3 is 14.8 Å². The summed E-state index contributed by atoms with van der Waals surface area (Å²) in [6.45, 7) is 3.46. The highest BCUT2D eigenvalue weighted by Crippen LogP contribution is 2.49. The van der Waals surface area contributed by atoms with E-state index in [9.17, 15) is 0 Å². The fraction of sp³-hybridized carbons (Fsp3) is 0.609. The van der Waals surface area contributed by atoms with Gasteiger partial charge in [-0.2, -0.15) is 0 Å². The van der Waals surface area contributed by atoms with Crippen molar-refractivity contribution < 1.29 is 9.47 Å². The van der Waals surface area contributed by atoms with Crippen LogP contribution in [0.4, 0.5) is 0 Å². The monoisotopic (exact) mass is 400 g/mol. The summed E-state index contributed by atoms with van der Waals surface area (Å²) >= 11 is 1.81. The summed E-state index contributed by atoms with van der Waals surface area (Å²) < 4.78 is 11.7. The maximum atomic E-state index is 6.35. The summed E-state index contributed by atoms with van der Waals surface area (Å²) in [6.07, 6.45) is 10.3. The highest BCUT2D eigenvalue weighted by atomic mass is 32.1. The molecule has 1 aliphatic heterocycles. The van der Waals surface area contributed by atoms with Gasteiger partial charge in [0.05, 0.1) is 12.2 Å². The highest BCUT2D eigenvalue weighted by molar-refractivity contribution is 7.10. The first-order chi connectivity index (χ1) is 13.8. The van der Waals surface area contributed by atoms with E-state index in [2.05, 4.69) is 28.9 Å². The number of rotatable bonds is 8. The Morgan fingerprint density at radius 2 is 2.11 bits per heavy atom. The van der Waals surface area contributed by atoms with Gasteiger partial charge in [-0.25, -0.2) is 0 Å². The molecule has 0 aromatic carbocycles. The van der Waals surface area contributed by atoms with E-state index in [0.29, 0.717) is 6.61 Å². The van der Waals surface area contributed by atoms with Gasteiger partial charge in [0.2, 0.25) is 0 Å². The van der Waals surface area contributed by atoms with Crippen molar-refractivity contribution >= 4 is 11.3 Å². The molecule has 3 heterocycles. The maximum Gasteiger partial charge on any atom is 0.0724 e. The molecule has 1 saturated heterocycles. The normalized spacial score (nSPS) is 24.0. The Morgan fingerprint density at radius 3 is 2.89 bits per heavy atom. The van der Waals surface area contributed by atoms with Crippen LogP contribution in [-0.2, 0) is 28.0 Å². The van der Waals surface area contributed by atoms with Gasteiger partial charge in [-0.05, 0) is 67.8 Å². The molecule has 2 aliphatic rings. The third-order valence-corrected chi connectivity index (χ3v) is 7.54. The van der Waals surface area contributed by atoms with E-state index in [-0.39, 0.29) is 11.0 Å². The maximum absolute atomic E-state index is 6.35. The molecule has 0 unspecified atom stereocenters. The second kappa shape index (κ2) is 9.04. The molecule has 1 atom stereocenters. The van der Waals surface area contributed by atoms with E-state index in [1.165, 1.54) is 41.8 Å². The number of hydrogen-bond donors (Lipinski definition) is 1. The summed E-state index contributed by atoms with van der Waals surface area (Å²) in [5.74, 6) is 0. The summed E-state index contributed by atoms with van der Waals surface area (Å²) in [6, 6.07) is 8.55. The van der Waals surface area contributed by atoms with E-state index < -0.39 is 0 Å². The standard InChI is InChI=1S/C23H32N2O2S/c1-26-17-19-7-15-28-20(19)16-24-13-10-22(21-6-2-5-12-25-21)11-14-27-23(18-22)8-3-4-9-23/h2,5-7,12,15,24H,3-4,8-11,13-14,16-18H2,1H3/t22-/m1/s1. The Kier molecular flexibility index (Phi) is 6.46. The number of thiophene rings is 1. The third-order valence-electron chi connectivity index (χ3n) is 6.58. The van der Waals surface area contributed by atoms with E-state index in [0.717, 1.165) is 39.0 Å². The highest BCUT2D eigenvalue weighted by Gasteiger charge is 2.48. The number of methoxy groups -OCH3 is 1. The molecule has 1 N–H and O–H groups in total. The molecule has 1 aliphatic carbocycles. The van der Waals surface area contributed by atoms with Crippen LogP contribution in [0.3, 0.4) is 0 Å². The molecule has 28 heavy (non-hydrogen) atoms. The van der Waals surface area contributed by atoms with Gasteiger partial charge in [0.1, 0.15) is 0 Å². The zero-order valence-electron chi connectivity index (χ0n) is 16.9. The SMILES string of the molecule is COCc1ccsc1CNCC[C@@]1(c2ccccn2)CCOC2(CCCC2)C1. The van der Waals surface area contributed by atoms with Gasteiger partial charge >= 0.3 is 0 Å². The minimum absolute atomic E-state index is 0.0924. The van der Waals surface area contributed by atoms with Crippen LogP contribution in [0, 0.1) is 0 Å². The minimum atomic E-state index is 0.0924. The molecular formula is C23H32N2O2S. The number of nitrogens with one attached hydrogen (secondary N) is 1. The topological polar surface area (TPSA) is 43.4 Å². The first-order valence-corrected chi connectivity index (χ1v) is 11.4. The van der Waals surface area contributed by atoms with Gasteiger partial charge in [-0.15, -0.1) is 11.3 Å². The average Bonchev–Trinajstić information content (AvgIpc) is 3.36. The van der Waals surface area contributed by atoms with Crippen LogP contribution in [0.5, 0.6) is 0 Å². The van der Waals surface area contributed by atoms with Gasteiger partial charge in [0.25, 0.3) is 0 Å². The predicted octanol–water partition coefficient (Wildman–Crippen LogP) is 4.83. The number of hydrogen-bond acceptors (Lipinski definition) is 5. The van der Waals surface area contributed by atoms with Crippen molar-refractivity contribution in [3.05, 3.63) is 52.0 Å². The molecule has 1 saturated carbocycles. The molecule has 2 aromatic heterocycles. The molecule has 152 valence electrons.